The summed E-state index contributed by atoms with van der Waals surface area (Å²) in [7, 11) is 3.56. The van der Waals surface area contributed by atoms with E-state index in [-0.39, 0.29) is 12.0 Å². The molecule has 5 heteroatoms. The molecule has 1 aromatic heterocycles. The molecule has 1 saturated heterocycles. The van der Waals surface area contributed by atoms with E-state index in [0.717, 1.165) is 24.3 Å². The second kappa shape index (κ2) is 6.12. The molecule has 0 bridgehead atoms. The second-order valence-corrected chi connectivity index (χ2v) is 5.14. The summed E-state index contributed by atoms with van der Waals surface area (Å²) < 4.78 is 5.75. The summed E-state index contributed by atoms with van der Waals surface area (Å²) in [6.45, 7) is 4.61. The van der Waals surface area contributed by atoms with E-state index in [9.17, 15) is 4.79 Å². The molecule has 0 N–H and O–H groups in total. The molecule has 1 amide bonds. The average Bonchev–Trinajstić information content (AvgIpc) is 2.39. The van der Waals surface area contributed by atoms with Crippen LogP contribution in [0.2, 0.25) is 0 Å². The second-order valence-electron chi connectivity index (χ2n) is 5.14. The number of nitrogens with zero attached hydrogens (tertiary/aromatic N) is 3. The minimum Gasteiger partial charge on any atom is -0.369 e. The molecule has 1 fully saturated rings. The largest absolute Gasteiger partial charge is 0.369 e. The smallest absolute Gasteiger partial charge is 0.236 e. The van der Waals surface area contributed by atoms with E-state index in [2.05, 4.69) is 9.88 Å². The topological polar surface area (TPSA) is 45.7 Å². The highest BCUT2D eigenvalue weighted by molar-refractivity contribution is 5.77. The van der Waals surface area contributed by atoms with Crippen LogP contribution in [0.3, 0.4) is 0 Å². The molecule has 0 unspecified atom stereocenters. The number of pyridine rings is 1. The summed E-state index contributed by atoms with van der Waals surface area (Å²) in [5.74, 6) is 0.123. The number of amides is 1. The van der Waals surface area contributed by atoms with Gasteiger partial charge in [-0.15, -0.1) is 0 Å². The van der Waals surface area contributed by atoms with Crippen LogP contribution in [0.25, 0.3) is 0 Å². The van der Waals surface area contributed by atoms with Crippen molar-refractivity contribution in [3.05, 3.63) is 29.6 Å². The summed E-state index contributed by atoms with van der Waals surface area (Å²) in [6, 6.07) is 4.03. The van der Waals surface area contributed by atoms with Crippen molar-refractivity contribution in [3.8, 4) is 0 Å². The lowest BCUT2D eigenvalue weighted by atomic mass is 10.1. The van der Waals surface area contributed by atoms with E-state index < -0.39 is 0 Å². The Morgan fingerprint density at radius 2 is 2.32 bits per heavy atom. The van der Waals surface area contributed by atoms with Crippen molar-refractivity contribution >= 4 is 5.91 Å². The lowest BCUT2D eigenvalue weighted by molar-refractivity contribution is -0.132. The zero-order chi connectivity index (χ0) is 13.8. The van der Waals surface area contributed by atoms with Gasteiger partial charge in [0.15, 0.2) is 0 Å². The van der Waals surface area contributed by atoms with Gasteiger partial charge >= 0.3 is 0 Å². The van der Waals surface area contributed by atoms with Crippen molar-refractivity contribution in [2.45, 2.75) is 13.0 Å². The fourth-order valence-electron chi connectivity index (χ4n) is 2.03. The third kappa shape index (κ3) is 3.75. The number of aromatic nitrogens is 1. The number of carbonyl (C=O) groups is 1. The summed E-state index contributed by atoms with van der Waals surface area (Å²) in [6.07, 6.45) is 1.81. The Hall–Kier alpha value is -1.46. The van der Waals surface area contributed by atoms with E-state index in [0.29, 0.717) is 13.2 Å². The van der Waals surface area contributed by atoms with Crippen LogP contribution in [0.4, 0.5) is 0 Å². The first-order chi connectivity index (χ1) is 9.06. The molecule has 0 aromatic carbocycles. The number of morpholine rings is 1. The molecule has 0 aliphatic carbocycles. The van der Waals surface area contributed by atoms with Gasteiger partial charge in [0.25, 0.3) is 0 Å². The number of ether oxygens (including phenoxy) is 1. The van der Waals surface area contributed by atoms with E-state index >= 15 is 0 Å². The predicted octanol–water partition coefficient (Wildman–Crippen LogP) is 0.852. The number of hydrogen-bond donors (Lipinski definition) is 0. The molecule has 0 saturated carbocycles. The van der Waals surface area contributed by atoms with Crippen molar-refractivity contribution < 1.29 is 9.53 Å². The molecule has 1 aliphatic heterocycles. The Labute approximate surface area is 114 Å². The minimum absolute atomic E-state index is 0.0377. The van der Waals surface area contributed by atoms with Crippen molar-refractivity contribution in [1.82, 2.24) is 14.8 Å². The van der Waals surface area contributed by atoms with Gasteiger partial charge in [-0.2, -0.15) is 0 Å². The van der Waals surface area contributed by atoms with Gasteiger partial charge < -0.3 is 9.64 Å². The van der Waals surface area contributed by atoms with E-state index in [1.807, 2.05) is 25.3 Å². The summed E-state index contributed by atoms with van der Waals surface area (Å²) in [4.78, 5) is 19.9. The standard InChI is InChI=1S/C14H21N3O2/c1-11-4-5-12(15-8-11)13-9-17(6-7-19-13)10-14(18)16(2)3/h4-5,8,13H,6-7,9-10H2,1-3H3/t13-/m0/s1. The van der Waals surface area contributed by atoms with Gasteiger partial charge in [-0.05, 0) is 18.6 Å². The van der Waals surface area contributed by atoms with Crippen LogP contribution in [-0.2, 0) is 9.53 Å². The van der Waals surface area contributed by atoms with Crippen LogP contribution < -0.4 is 0 Å². The molecule has 19 heavy (non-hydrogen) atoms. The summed E-state index contributed by atoms with van der Waals surface area (Å²) >= 11 is 0. The van der Waals surface area contributed by atoms with Gasteiger partial charge in [0.2, 0.25) is 5.91 Å². The highest BCUT2D eigenvalue weighted by atomic mass is 16.5. The van der Waals surface area contributed by atoms with Gasteiger partial charge in [-0.25, -0.2) is 0 Å². The fraction of sp³-hybridized carbons (Fsp3) is 0.571. The van der Waals surface area contributed by atoms with Crippen molar-refractivity contribution in [1.29, 1.82) is 0 Å². The van der Waals surface area contributed by atoms with E-state index in [1.165, 1.54) is 0 Å². The third-order valence-electron chi connectivity index (χ3n) is 3.27. The Balaban J connectivity index is 1.97. The van der Waals surface area contributed by atoms with Crippen molar-refractivity contribution in [3.63, 3.8) is 0 Å². The third-order valence-corrected chi connectivity index (χ3v) is 3.27. The van der Waals surface area contributed by atoms with Crippen molar-refractivity contribution in [2.24, 2.45) is 0 Å². The zero-order valence-corrected chi connectivity index (χ0v) is 11.8. The molecule has 1 aromatic rings. The molecular formula is C14H21N3O2. The molecule has 1 atom stereocenters. The molecule has 0 spiro atoms. The van der Waals surface area contributed by atoms with Crippen LogP contribution in [0, 0.1) is 6.92 Å². The lowest BCUT2D eigenvalue weighted by Crippen LogP contribution is -2.44. The summed E-state index contributed by atoms with van der Waals surface area (Å²) in [5.41, 5.74) is 2.08. The van der Waals surface area contributed by atoms with E-state index in [4.69, 9.17) is 4.74 Å². The molecule has 2 heterocycles. The number of rotatable bonds is 3. The molecule has 104 valence electrons. The fourth-order valence-corrected chi connectivity index (χ4v) is 2.03. The normalized spacial score (nSPS) is 20.3. The monoisotopic (exact) mass is 263 g/mol. The maximum absolute atomic E-state index is 11.7. The number of hydrogen-bond acceptors (Lipinski definition) is 4. The van der Waals surface area contributed by atoms with Crippen LogP contribution in [-0.4, -0.2) is 61.0 Å². The minimum atomic E-state index is -0.0377. The maximum Gasteiger partial charge on any atom is 0.236 e. The average molecular weight is 263 g/mol. The Kier molecular flexibility index (Phi) is 4.50. The van der Waals surface area contributed by atoms with Gasteiger partial charge in [-0.3, -0.25) is 14.7 Å². The quantitative estimate of drug-likeness (QED) is 0.811. The first-order valence-corrected chi connectivity index (χ1v) is 6.53. The van der Waals surface area contributed by atoms with Gasteiger partial charge in [0.05, 0.1) is 18.8 Å². The van der Waals surface area contributed by atoms with Crippen molar-refractivity contribution in [2.75, 3.05) is 40.3 Å². The van der Waals surface area contributed by atoms with Crippen LogP contribution in [0.1, 0.15) is 17.4 Å². The SMILES string of the molecule is Cc1ccc([C@@H]2CN(CC(=O)N(C)C)CCO2)nc1. The lowest BCUT2D eigenvalue weighted by Gasteiger charge is -2.32. The molecule has 5 nitrogen and oxygen atoms in total. The number of aryl methyl sites for hydroxylation is 1. The summed E-state index contributed by atoms with van der Waals surface area (Å²) in [5, 5.41) is 0. The molecule has 2 rings (SSSR count). The number of carbonyl (C=O) groups excluding carboxylic acids is 1. The van der Waals surface area contributed by atoms with Gasteiger partial charge in [0.1, 0.15) is 6.10 Å². The first-order valence-electron chi connectivity index (χ1n) is 6.53. The van der Waals surface area contributed by atoms with Gasteiger partial charge in [-0.1, -0.05) is 6.07 Å². The van der Waals surface area contributed by atoms with E-state index in [1.54, 1.807) is 19.0 Å². The Morgan fingerprint density at radius 1 is 1.53 bits per heavy atom. The maximum atomic E-state index is 11.7. The number of likely N-dealkylation sites (N-methyl/N-ethyl adjacent to an activating group) is 1. The molecule has 1 aliphatic rings. The predicted molar refractivity (Wildman–Crippen MR) is 72.8 cm³/mol. The molecular weight excluding hydrogens is 242 g/mol. The Morgan fingerprint density at radius 3 is 2.95 bits per heavy atom. The van der Waals surface area contributed by atoms with Crippen LogP contribution in [0.5, 0.6) is 0 Å². The molecule has 0 radical (unpaired) electrons. The first kappa shape index (κ1) is 14.0. The van der Waals surface area contributed by atoms with Gasteiger partial charge in [0, 0.05) is 33.4 Å². The highest BCUT2D eigenvalue weighted by Crippen LogP contribution is 2.20. The van der Waals surface area contributed by atoms with Crippen LogP contribution >= 0.6 is 0 Å². The Bertz CT molecular complexity index is 431. The highest BCUT2D eigenvalue weighted by Gasteiger charge is 2.24. The zero-order valence-electron chi connectivity index (χ0n) is 11.8. The van der Waals surface area contributed by atoms with Crippen LogP contribution in [0.15, 0.2) is 18.3 Å².